The van der Waals surface area contributed by atoms with E-state index >= 15 is 0 Å². The maximum Gasteiger partial charge on any atom is 0.223 e. The summed E-state index contributed by atoms with van der Waals surface area (Å²) in [4.78, 5) is 19.1. The number of carbonyl (C=O) groups is 1. The van der Waals surface area contributed by atoms with Crippen LogP contribution in [0, 0.1) is 11.8 Å². The number of aromatic nitrogens is 2. The average Bonchev–Trinajstić information content (AvgIpc) is 2.99. The summed E-state index contributed by atoms with van der Waals surface area (Å²) in [5.41, 5.74) is 5.67. The predicted octanol–water partition coefficient (Wildman–Crippen LogP) is 1.29. The van der Waals surface area contributed by atoms with Gasteiger partial charge in [-0.05, 0) is 25.3 Å². The van der Waals surface area contributed by atoms with Crippen LogP contribution >= 0.6 is 24.8 Å². The monoisotopic (exact) mass is 308 g/mol. The number of nitrogens with zero attached hydrogens (tertiary/aromatic N) is 1. The van der Waals surface area contributed by atoms with Gasteiger partial charge in [0.15, 0.2) is 0 Å². The molecule has 0 aromatic carbocycles. The number of rotatable bonds is 5. The fourth-order valence-corrected chi connectivity index (χ4v) is 2.53. The molecule has 0 saturated heterocycles. The Morgan fingerprint density at radius 2 is 2.26 bits per heavy atom. The fraction of sp³-hybridized carbons (Fsp3) is 0.667. The van der Waals surface area contributed by atoms with Gasteiger partial charge in [0.25, 0.3) is 0 Å². The molecule has 2 rings (SSSR count). The summed E-state index contributed by atoms with van der Waals surface area (Å²) >= 11 is 0. The maximum absolute atomic E-state index is 11.9. The van der Waals surface area contributed by atoms with E-state index in [1.165, 1.54) is 0 Å². The topological polar surface area (TPSA) is 83.8 Å². The Morgan fingerprint density at radius 3 is 2.89 bits per heavy atom. The van der Waals surface area contributed by atoms with Crippen molar-refractivity contribution >= 4 is 30.7 Å². The first-order valence-corrected chi connectivity index (χ1v) is 6.27. The second-order valence-corrected chi connectivity index (χ2v) is 4.61. The van der Waals surface area contributed by atoms with E-state index in [9.17, 15) is 4.79 Å². The van der Waals surface area contributed by atoms with Crippen molar-refractivity contribution in [2.24, 2.45) is 17.6 Å². The summed E-state index contributed by atoms with van der Waals surface area (Å²) < 4.78 is 0. The Morgan fingerprint density at radius 1 is 1.47 bits per heavy atom. The molecule has 110 valence electrons. The highest BCUT2D eigenvalue weighted by atomic mass is 35.5. The quantitative estimate of drug-likeness (QED) is 0.766. The molecule has 1 aromatic rings. The lowest BCUT2D eigenvalue weighted by Gasteiger charge is -2.17. The smallest absolute Gasteiger partial charge is 0.223 e. The van der Waals surface area contributed by atoms with Crippen molar-refractivity contribution < 1.29 is 4.79 Å². The molecule has 1 aliphatic rings. The first kappa shape index (κ1) is 18.2. The van der Waals surface area contributed by atoms with Gasteiger partial charge in [-0.2, -0.15) is 0 Å². The molecule has 2 atom stereocenters. The third kappa shape index (κ3) is 5.01. The average molecular weight is 309 g/mol. The lowest BCUT2D eigenvalue weighted by Crippen LogP contribution is -2.36. The second-order valence-electron chi connectivity index (χ2n) is 4.61. The lowest BCUT2D eigenvalue weighted by molar-refractivity contribution is -0.125. The van der Waals surface area contributed by atoms with Gasteiger partial charge < -0.3 is 16.0 Å². The lowest BCUT2D eigenvalue weighted by atomic mass is 9.95. The second kappa shape index (κ2) is 9.18. The largest absolute Gasteiger partial charge is 0.355 e. The molecule has 0 unspecified atom stereocenters. The summed E-state index contributed by atoms with van der Waals surface area (Å²) in [7, 11) is 0. The molecule has 19 heavy (non-hydrogen) atoms. The molecule has 1 fully saturated rings. The van der Waals surface area contributed by atoms with Gasteiger partial charge >= 0.3 is 0 Å². The summed E-state index contributed by atoms with van der Waals surface area (Å²) in [6.45, 7) is 1.26. The zero-order valence-corrected chi connectivity index (χ0v) is 12.4. The van der Waals surface area contributed by atoms with Crippen molar-refractivity contribution in [2.75, 3.05) is 13.1 Å². The summed E-state index contributed by atoms with van der Waals surface area (Å²) in [6.07, 6.45) is 7.45. The molecule has 1 aliphatic carbocycles. The number of amides is 1. The SMILES string of the molecule is Cl.Cl.NC[C@H]1CCC[C@H]1C(=O)NCCc1ncc[nH]1. The normalized spacial score (nSPS) is 21.3. The molecule has 1 heterocycles. The molecule has 0 aliphatic heterocycles. The molecule has 4 N–H and O–H groups in total. The van der Waals surface area contributed by atoms with Crippen LogP contribution in [0.4, 0.5) is 0 Å². The molecular weight excluding hydrogens is 287 g/mol. The first-order chi connectivity index (χ1) is 8.31. The molecule has 0 spiro atoms. The molecule has 0 radical (unpaired) electrons. The standard InChI is InChI=1S/C12H20N4O.2ClH/c13-8-9-2-1-3-10(9)12(17)16-5-4-11-14-6-7-15-11;;/h6-7,9-10H,1-5,8,13H2,(H,14,15)(H,16,17);2*1H/t9-,10-;;/m1../s1. The maximum atomic E-state index is 11.9. The minimum atomic E-state index is 0. The summed E-state index contributed by atoms with van der Waals surface area (Å²) in [5.74, 6) is 1.56. The van der Waals surface area contributed by atoms with Crippen LogP contribution in [0.5, 0.6) is 0 Å². The fourth-order valence-electron chi connectivity index (χ4n) is 2.53. The Kier molecular flexibility index (Phi) is 8.80. The van der Waals surface area contributed by atoms with Crippen LogP contribution in [0.2, 0.25) is 0 Å². The van der Waals surface area contributed by atoms with Crippen molar-refractivity contribution in [1.82, 2.24) is 15.3 Å². The van der Waals surface area contributed by atoms with E-state index in [-0.39, 0.29) is 36.6 Å². The molecule has 5 nitrogen and oxygen atoms in total. The number of hydrogen-bond acceptors (Lipinski definition) is 3. The van der Waals surface area contributed by atoms with E-state index < -0.39 is 0 Å². The van der Waals surface area contributed by atoms with Crippen LogP contribution in [-0.2, 0) is 11.2 Å². The van der Waals surface area contributed by atoms with Gasteiger partial charge in [-0.15, -0.1) is 24.8 Å². The van der Waals surface area contributed by atoms with Gasteiger partial charge in [0.05, 0.1) is 0 Å². The number of hydrogen-bond donors (Lipinski definition) is 3. The number of nitrogens with one attached hydrogen (secondary N) is 2. The Hall–Kier alpha value is -0.780. The Bertz CT molecular complexity index is 359. The van der Waals surface area contributed by atoms with Crippen LogP contribution in [0.1, 0.15) is 25.1 Å². The zero-order chi connectivity index (χ0) is 12.1. The highest BCUT2D eigenvalue weighted by molar-refractivity contribution is 5.85. The highest BCUT2D eigenvalue weighted by Crippen LogP contribution is 2.30. The van der Waals surface area contributed by atoms with Crippen molar-refractivity contribution in [1.29, 1.82) is 0 Å². The van der Waals surface area contributed by atoms with Gasteiger partial charge in [0.2, 0.25) is 5.91 Å². The van der Waals surface area contributed by atoms with Crippen LogP contribution in [0.3, 0.4) is 0 Å². The third-order valence-electron chi connectivity index (χ3n) is 3.51. The number of imidazole rings is 1. The minimum Gasteiger partial charge on any atom is -0.355 e. The molecule has 1 amide bonds. The van der Waals surface area contributed by atoms with Gasteiger partial charge in [0, 0.05) is 31.3 Å². The van der Waals surface area contributed by atoms with Crippen molar-refractivity contribution in [3.63, 3.8) is 0 Å². The van der Waals surface area contributed by atoms with Gasteiger partial charge in [-0.25, -0.2) is 4.98 Å². The molecule has 1 aromatic heterocycles. The molecule has 7 heteroatoms. The Balaban J connectivity index is 0.00000162. The van der Waals surface area contributed by atoms with E-state index in [0.29, 0.717) is 19.0 Å². The number of aromatic amines is 1. The predicted molar refractivity (Wildman–Crippen MR) is 79.7 cm³/mol. The van der Waals surface area contributed by atoms with Gasteiger partial charge in [-0.1, -0.05) is 6.42 Å². The summed E-state index contributed by atoms with van der Waals surface area (Å²) in [6, 6.07) is 0. The van der Waals surface area contributed by atoms with Gasteiger partial charge in [-0.3, -0.25) is 4.79 Å². The van der Waals surface area contributed by atoms with Crippen molar-refractivity contribution in [3.05, 3.63) is 18.2 Å². The van der Waals surface area contributed by atoms with Crippen LogP contribution < -0.4 is 11.1 Å². The van der Waals surface area contributed by atoms with E-state index in [4.69, 9.17) is 5.73 Å². The zero-order valence-electron chi connectivity index (χ0n) is 10.8. The third-order valence-corrected chi connectivity index (χ3v) is 3.51. The number of carbonyl (C=O) groups excluding carboxylic acids is 1. The molecular formula is C12H22Cl2N4O. The van der Waals surface area contributed by atoms with Crippen LogP contribution in [0.15, 0.2) is 12.4 Å². The van der Waals surface area contributed by atoms with Crippen molar-refractivity contribution in [2.45, 2.75) is 25.7 Å². The highest BCUT2D eigenvalue weighted by Gasteiger charge is 2.31. The van der Waals surface area contributed by atoms with Gasteiger partial charge in [0.1, 0.15) is 5.82 Å². The number of H-pyrrole nitrogens is 1. The summed E-state index contributed by atoms with van der Waals surface area (Å²) in [5, 5.41) is 2.97. The van der Waals surface area contributed by atoms with Crippen molar-refractivity contribution in [3.8, 4) is 0 Å². The van der Waals surface area contributed by atoms with Crippen LogP contribution in [-0.4, -0.2) is 29.0 Å². The first-order valence-electron chi connectivity index (χ1n) is 6.27. The molecule has 1 saturated carbocycles. The van der Waals surface area contributed by atoms with E-state index in [2.05, 4.69) is 15.3 Å². The Labute approximate surface area is 125 Å². The van der Waals surface area contributed by atoms with E-state index in [1.54, 1.807) is 12.4 Å². The van der Waals surface area contributed by atoms with Crippen LogP contribution in [0.25, 0.3) is 0 Å². The van der Waals surface area contributed by atoms with E-state index in [0.717, 1.165) is 31.5 Å². The van der Waals surface area contributed by atoms with E-state index in [1.807, 2.05) is 0 Å². The molecule has 0 bridgehead atoms. The number of halogens is 2. The minimum absolute atomic E-state index is 0. The number of nitrogens with two attached hydrogens (primary N) is 1.